The number of piperidine rings is 1. The maximum atomic E-state index is 10.7. The number of aromatic carboxylic acids is 1. The average Bonchev–Trinajstić information content (AvgIpc) is 2.40. The molecular weight excluding hydrogens is 242 g/mol. The number of aromatic nitrogens is 1. The third-order valence-electron chi connectivity index (χ3n) is 3.38. The van der Waals surface area contributed by atoms with Crippen molar-refractivity contribution in [1.82, 2.24) is 9.88 Å². The van der Waals surface area contributed by atoms with Gasteiger partial charge in [0.25, 0.3) is 0 Å². The number of likely N-dealkylation sites (tertiary alicyclic amines) is 1. The Hall–Kier alpha value is -1.62. The topological polar surface area (TPSA) is 65.5 Å². The summed E-state index contributed by atoms with van der Waals surface area (Å²) in [5, 5.41) is 12.1. The molecule has 5 nitrogen and oxygen atoms in total. The lowest BCUT2D eigenvalue weighted by Crippen LogP contribution is -2.38. The highest BCUT2D eigenvalue weighted by Crippen LogP contribution is 2.12. The summed E-state index contributed by atoms with van der Waals surface area (Å²) >= 11 is 0. The lowest BCUT2D eigenvalue weighted by atomic mass is 10.1. The summed E-state index contributed by atoms with van der Waals surface area (Å²) in [7, 11) is 0. The quantitative estimate of drug-likeness (QED) is 0.851. The highest BCUT2D eigenvalue weighted by atomic mass is 16.4. The number of carboxylic acids is 1. The minimum atomic E-state index is -0.993. The predicted molar refractivity (Wildman–Crippen MR) is 74.6 cm³/mol. The Morgan fingerprint density at radius 3 is 2.74 bits per heavy atom. The standard InChI is InChI=1S/C14H21N3O2/c1-11(10-17-7-3-2-4-8-17)16-12-5-6-13(14(18)19)15-9-12/h5-6,9,11,16H,2-4,7-8,10H2,1H3,(H,18,19). The molecule has 0 aliphatic carbocycles. The van der Waals surface area contributed by atoms with Crippen LogP contribution in [0.25, 0.3) is 0 Å². The third kappa shape index (κ3) is 4.21. The number of anilines is 1. The van der Waals surface area contributed by atoms with Gasteiger partial charge >= 0.3 is 5.97 Å². The molecule has 0 aromatic carbocycles. The average molecular weight is 263 g/mol. The van der Waals surface area contributed by atoms with Crippen LogP contribution in [-0.2, 0) is 0 Å². The number of nitrogens with zero attached hydrogens (tertiary/aromatic N) is 2. The normalized spacial score (nSPS) is 17.9. The molecule has 1 unspecified atom stereocenters. The molecule has 0 bridgehead atoms. The van der Waals surface area contributed by atoms with Crippen LogP contribution < -0.4 is 5.32 Å². The summed E-state index contributed by atoms with van der Waals surface area (Å²) in [5.74, 6) is -0.993. The van der Waals surface area contributed by atoms with E-state index in [1.165, 1.54) is 38.4 Å². The van der Waals surface area contributed by atoms with Crippen molar-refractivity contribution in [2.75, 3.05) is 25.0 Å². The summed E-state index contributed by atoms with van der Waals surface area (Å²) in [6, 6.07) is 3.62. The zero-order chi connectivity index (χ0) is 13.7. The highest BCUT2D eigenvalue weighted by molar-refractivity contribution is 5.85. The molecule has 2 heterocycles. The first-order chi connectivity index (χ1) is 9.15. The molecule has 1 aliphatic heterocycles. The van der Waals surface area contributed by atoms with E-state index >= 15 is 0 Å². The van der Waals surface area contributed by atoms with Crippen molar-refractivity contribution >= 4 is 11.7 Å². The van der Waals surface area contributed by atoms with Gasteiger partial charge in [0.15, 0.2) is 0 Å². The minimum absolute atomic E-state index is 0.0780. The van der Waals surface area contributed by atoms with E-state index in [4.69, 9.17) is 5.11 Å². The number of carboxylic acid groups (broad SMARTS) is 1. The number of hydrogen-bond donors (Lipinski definition) is 2. The summed E-state index contributed by atoms with van der Waals surface area (Å²) < 4.78 is 0. The van der Waals surface area contributed by atoms with Crippen LogP contribution in [0.15, 0.2) is 18.3 Å². The number of pyridine rings is 1. The lowest BCUT2D eigenvalue weighted by Gasteiger charge is -2.29. The fourth-order valence-electron chi connectivity index (χ4n) is 2.47. The highest BCUT2D eigenvalue weighted by Gasteiger charge is 2.13. The van der Waals surface area contributed by atoms with Crippen molar-refractivity contribution in [2.24, 2.45) is 0 Å². The summed E-state index contributed by atoms with van der Waals surface area (Å²) in [5.41, 5.74) is 0.948. The SMILES string of the molecule is CC(CN1CCCCC1)Nc1ccc(C(=O)O)nc1. The minimum Gasteiger partial charge on any atom is -0.477 e. The molecule has 19 heavy (non-hydrogen) atoms. The van der Waals surface area contributed by atoms with Crippen molar-refractivity contribution in [2.45, 2.75) is 32.2 Å². The zero-order valence-corrected chi connectivity index (χ0v) is 11.3. The molecular formula is C14H21N3O2. The van der Waals surface area contributed by atoms with E-state index in [1.54, 1.807) is 12.3 Å². The molecule has 1 atom stereocenters. The second-order valence-electron chi connectivity index (χ2n) is 5.14. The molecule has 5 heteroatoms. The van der Waals surface area contributed by atoms with Crippen LogP contribution in [0.4, 0.5) is 5.69 Å². The van der Waals surface area contributed by atoms with Gasteiger partial charge in [0, 0.05) is 12.6 Å². The Balaban J connectivity index is 1.83. The third-order valence-corrected chi connectivity index (χ3v) is 3.38. The summed E-state index contributed by atoms with van der Waals surface area (Å²) in [4.78, 5) is 17.1. The van der Waals surface area contributed by atoms with Gasteiger partial charge in [-0.25, -0.2) is 9.78 Å². The smallest absolute Gasteiger partial charge is 0.354 e. The van der Waals surface area contributed by atoms with Crippen LogP contribution in [0.3, 0.4) is 0 Å². The Labute approximate surface area is 113 Å². The fraction of sp³-hybridized carbons (Fsp3) is 0.571. The first-order valence-electron chi connectivity index (χ1n) is 6.83. The van der Waals surface area contributed by atoms with Crippen molar-refractivity contribution in [3.63, 3.8) is 0 Å². The van der Waals surface area contributed by atoms with Crippen LogP contribution in [-0.4, -0.2) is 46.6 Å². The van der Waals surface area contributed by atoms with Crippen LogP contribution in [0.5, 0.6) is 0 Å². The summed E-state index contributed by atoms with van der Waals surface area (Å²) in [6.07, 6.45) is 5.51. The van der Waals surface area contributed by atoms with Crippen molar-refractivity contribution in [3.8, 4) is 0 Å². The molecule has 1 saturated heterocycles. The number of hydrogen-bond acceptors (Lipinski definition) is 4. The second kappa shape index (κ2) is 6.52. The first kappa shape index (κ1) is 13.8. The molecule has 0 saturated carbocycles. The maximum Gasteiger partial charge on any atom is 0.354 e. The molecule has 1 aromatic heterocycles. The monoisotopic (exact) mass is 263 g/mol. The van der Waals surface area contributed by atoms with E-state index in [0.29, 0.717) is 6.04 Å². The van der Waals surface area contributed by atoms with Crippen LogP contribution >= 0.6 is 0 Å². The molecule has 1 fully saturated rings. The lowest BCUT2D eigenvalue weighted by molar-refractivity contribution is 0.0690. The van der Waals surface area contributed by atoms with E-state index in [9.17, 15) is 4.79 Å². The van der Waals surface area contributed by atoms with Gasteiger partial charge in [-0.05, 0) is 45.0 Å². The van der Waals surface area contributed by atoms with Crippen LogP contribution in [0.2, 0.25) is 0 Å². The first-order valence-corrected chi connectivity index (χ1v) is 6.83. The largest absolute Gasteiger partial charge is 0.477 e. The van der Waals surface area contributed by atoms with Gasteiger partial charge in [0.2, 0.25) is 0 Å². The van der Waals surface area contributed by atoms with Gasteiger partial charge in [0.05, 0.1) is 11.9 Å². The van der Waals surface area contributed by atoms with Crippen LogP contribution in [0.1, 0.15) is 36.7 Å². The van der Waals surface area contributed by atoms with Gasteiger partial charge in [-0.3, -0.25) is 0 Å². The van der Waals surface area contributed by atoms with Crippen molar-refractivity contribution in [1.29, 1.82) is 0 Å². The van der Waals surface area contributed by atoms with Crippen molar-refractivity contribution < 1.29 is 9.90 Å². The van der Waals surface area contributed by atoms with Crippen molar-refractivity contribution in [3.05, 3.63) is 24.0 Å². The van der Waals surface area contributed by atoms with Gasteiger partial charge in [-0.2, -0.15) is 0 Å². The number of carbonyl (C=O) groups is 1. The molecule has 2 N–H and O–H groups in total. The predicted octanol–water partition coefficient (Wildman–Crippen LogP) is 2.07. The van der Waals surface area contributed by atoms with Crippen LogP contribution in [0, 0.1) is 0 Å². The zero-order valence-electron chi connectivity index (χ0n) is 11.3. The Morgan fingerprint density at radius 2 is 2.16 bits per heavy atom. The molecule has 1 aliphatic rings. The van der Waals surface area contributed by atoms with E-state index < -0.39 is 5.97 Å². The van der Waals surface area contributed by atoms with Gasteiger partial charge in [0.1, 0.15) is 5.69 Å². The Morgan fingerprint density at radius 1 is 1.42 bits per heavy atom. The maximum absolute atomic E-state index is 10.7. The van der Waals surface area contributed by atoms with Gasteiger partial charge in [-0.1, -0.05) is 6.42 Å². The van der Waals surface area contributed by atoms with E-state index in [-0.39, 0.29) is 5.69 Å². The number of rotatable bonds is 5. The number of nitrogens with one attached hydrogen (secondary N) is 1. The molecule has 0 amide bonds. The summed E-state index contributed by atoms with van der Waals surface area (Å²) in [6.45, 7) is 5.52. The molecule has 2 rings (SSSR count). The fourth-order valence-corrected chi connectivity index (χ4v) is 2.47. The van der Waals surface area contributed by atoms with Gasteiger partial charge < -0.3 is 15.3 Å². The van der Waals surface area contributed by atoms with E-state index in [0.717, 1.165) is 12.2 Å². The van der Waals surface area contributed by atoms with Gasteiger partial charge in [-0.15, -0.1) is 0 Å². The van der Waals surface area contributed by atoms with E-state index in [2.05, 4.69) is 22.1 Å². The van der Waals surface area contributed by atoms with E-state index in [1.807, 2.05) is 0 Å². The molecule has 104 valence electrons. The second-order valence-corrected chi connectivity index (χ2v) is 5.14. The molecule has 1 aromatic rings. The Bertz CT molecular complexity index is 413. The molecule has 0 radical (unpaired) electrons. The Kier molecular flexibility index (Phi) is 4.74. The molecule has 0 spiro atoms.